The van der Waals surface area contributed by atoms with Gasteiger partial charge in [0.1, 0.15) is 16.8 Å². The number of fused-ring (bicyclic) bond motifs is 9. The molecule has 4 heteroatoms. The zero-order valence-electron chi connectivity index (χ0n) is 29.3. The molecular formula is C49H33N3O. The van der Waals surface area contributed by atoms with Crippen LogP contribution in [-0.4, -0.2) is 14.5 Å². The molecule has 0 atom stereocenters. The summed E-state index contributed by atoms with van der Waals surface area (Å²) in [6, 6.07) is 58.2. The van der Waals surface area contributed by atoms with Crippen LogP contribution in [0.2, 0.25) is 0 Å². The van der Waals surface area contributed by atoms with E-state index in [1.54, 1.807) is 0 Å². The third kappa shape index (κ3) is 4.42. The molecule has 0 saturated carbocycles. The summed E-state index contributed by atoms with van der Waals surface area (Å²) in [6.07, 6.45) is 0. The van der Waals surface area contributed by atoms with Crippen molar-refractivity contribution >= 4 is 43.9 Å². The Morgan fingerprint density at radius 2 is 1.13 bits per heavy atom. The summed E-state index contributed by atoms with van der Waals surface area (Å²) in [6.45, 7) is 4.70. The molecule has 0 fully saturated rings. The Kier molecular flexibility index (Phi) is 6.27. The highest BCUT2D eigenvalue weighted by Crippen LogP contribution is 2.51. The third-order valence-electron chi connectivity index (χ3n) is 11.2. The molecule has 0 N–H and O–H groups in total. The van der Waals surface area contributed by atoms with E-state index >= 15 is 0 Å². The maximum Gasteiger partial charge on any atom is 0.180 e. The highest BCUT2D eigenvalue weighted by atomic mass is 16.3. The van der Waals surface area contributed by atoms with E-state index in [4.69, 9.17) is 14.4 Å². The fourth-order valence-corrected chi connectivity index (χ4v) is 8.58. The average molecular weight is 680 g/mol. The van der Waals surface area contributed by atoms with Gasteiger partial charge in [-0.05, 0) is 81.9 Å². The highest BCUT2D eigenvalue weighted by molar-refractivity contribution is 6.13. The molecule has 10 aromatic rings. The Bertz CT molecular complexity index is 3060. The second kappa shape index (κ2) is 11.1. The van der Waals surface area contributed by atoms with Gasteiger partial charge in [-0.1, -0.05) is 129 Å². The summed E-state index contributed by atoms with van der Waals surface area (Å²) in [5, 5.41) is 3.45. The lowest BCUT2D eigenvalue weighted by atomic mass is 9.82. The Labute approximate surface area is 306 Å². The molecule has 4 nitrogen and oxygen atoms in total. The van der Waals surface area contributed by atoms with Crippen LogP contribution in [0.5, 0.6) is 0 Å². The van der Waals surface area contributed by atoms with Gasteiger partial charge in [0, 0.05) is 38.4 Å². The van der Waals surface area contributed by atoms with Crippen molar-refractivity contribution < 1.29 is 4.42 Å². The van der Waals surface area contributed by atoms with Crippen molar-refractivity contribution in [1.82, 2.24) is 14.5 Å². The first-order chi connectivity index (χ1) is 26.0. The standard InChI is InChI=1S/C49H33N3O/c1-49(2)40-21-13-12-20-35(40)36-28-38-37-26-32(22-24-42(37)52(43(38)29-41(36)49)34-18-10-5-11-19-34)33-23-25-44-39(27-33)46-47(53-44)45(30-14-6-3-7-15-30)50-48(51-46)31-16-8-4-9-17-31/h3-29H,1-2H3. The second-order valence-electron chi connectivity index (χ2n) is 14.6. The van der Waals surface area contributed by atoms with Crippen LogP contribution in [0.1, 0.15) is 25.0 Å². The van der Waals surface area contributed by atoms with Crippen LogP contribution in [0, 0.1) is 0 Å². The first-order valence-electron chi connectivity index (χ1n) is 18.2. The Hall–Kier alpha value is -6.78. The minimum absolute atomic E-state index is 0.0870. The lowest BCUT2D eigenvalue weighted by Gasteiger charge is -2.21. The van der Waals surface area contributed by atoms with Crippen molar-refractivity contribution in [2.75, 3.05) is 0 Å². The van der Waals surface area contributed by atoms with Gasteiger partial charge in [-0.2, -0.15) is 0 Å². The Morgan fingerprint density at radius 1 is 0.491 bits per heavy atom. The van der Waals surface area contributed by atoms with Crippen molar-refractivity contribution in [2.45, 2.75) is 19.3 Å². The summed E-state index contributed by atoms with van der Waals surface area (Å²) >= 11 is 0. The first kappa shape index (κ1) is 29.9. The molecule has 0 amide bonds. The summed E-state index contributed by atoms with van der Waals surface area (Å²) in [4.78, 5) is 10.2. The topological polar surface area (TPSA) is 43.9 Å². The molecular weight excluding hydrogens is 647 g/mol. The number of rotatable bonds is 4. The summed E-state index contributed by atoms with van der Waals surface area (Å²) in [5.41, 5.74) is 16.2. The second-order valence-corrected chi connectivity index (χ2v) is 14.6. The zero-order chi connectivity index (χ0) is 35.3. The molecule has 0 bridgehead atoms. The monoisotopic (exact) mass is 679 g/mol. The van der Waals surface area contributed by atoms with Gasteiger partial charge in [-0.15, -0.1) is 0 Å². The van der Waals surface area contributed by atoms with Crippen molar-refractivity contribution in [3.8, 4) is 50.6 Å². The van der Waals surface area contributed by atoms with Crippen molar-refractivity contribution in [2.24, 2.45) is 0 Å². The molecule has 0 aliphatic heterocycles. The molecule has 11 rings (SSSR count). The van der Waals surface area contributed by atoms with Gasteiger partial charge in [0.05, 0.1) is 11.0 Å². The zero-order valence-corrected chi connectivity index (χ0v) is 29.3. The molecule has 53 heavy (non-hydrogen) atoms. The van der Waals surface area contributed by atoms with Gasteiger partial charge in [0.2, 0.25) is 0 Å². The minimum Gasteiger partial charge on any atom is -0.452 e. The van der Waals surface area contributed by atoms with Crippen LogP contribution in [0.3, 0.4) is 0 Å². The van der Waals surface area contributed by atoms with Gasteiger partial charge >= 0.3 is 0 Å². The van der Waals surface area contributed by atoms with Crippen molar-refractivity contribution in [1.29, 1.82) is 0 Å². The van der Waals surface area contributed by atoms with Crippen LogP contribution in [-0.2, 0) is 5.41 Å². The number of furan rings is 1. The predicted octanol–water partition coefficient (Wildman–Crippen LogP) is 12.8. The minimum atomic E-state index is -0.0870. The van der Waals surface area contributed by atoms with Crippen LogP contribution in [0.4, 0.5) is 0 Å². The van der Waals surface area contributed by atoms with Gasteiger partial charge in [-0.25, -0.2) is 9.97 Å². The molecule has 0 radical (unpaired) electrons. The number of para-hydroxylation sites is 1. The highest BCUT2D eigenvalue weighted by Gasteiger charge is 2.36. The van der Waals surface area contributed by atoms with E-state index in [1.807, 2.05) is 36.4 Å². The van der Waals surface area contributed by atoms with Crippen molar-refractivity contribution in [3.63, 3.8) is 0 Å². The smallest absolute Gasteiger partial charge is 0.180 e. The maximum atomic E-state index is 6.56. The van der Waals surface area contributed by atoms with E-state index in [2.05, 4.69) is 146 Å². The fraction of sp³-hybridized carbons (Fsp3) is 0.0612. The Morgan fingerprint density at radius 3 is 1.91 bits per heavy atom. The first-order valence-corrected chi connectivity index (χ1v) is 18.2. The number of aromatic nitrogens is 3. The number of benzene rings is 7. The maximum absolute atomic E-state index is 6.56. The molecule has 3 heterocycles. The molecule has 0 unspecified atom stereocenters. The van der Waals surface area contributed by atoms with Gasteiger partial charge < -0.3 is 8.98 Å². The van der Waals surface area contributed by atoms with Gasteiger partial charge in [0.25, 0.3) is 0 Å². The average Bonchev–Trinajstić information content (AvgIpc) is 3.82. The molecule has 7 aromatic carbocycles. The predicted molar refractivity (Wildman–Crippen MR) is 218 cm³/mol. The lowest BCUT2D eigenvalue weighted by Crippen LogP contribution is -2.14. The number of hydrogen-bond donors (Lipinski definition) is 0. The van der Waals surface area contributed by atoms with Crippen LogP contribution in [0.25, 0.3) is 94.5 Å². The van der Waals surface area contributed by atoms with Crippen LogP contribution in [0.15, 0.2) is 168 Å². The summed E-state index contributed by atoms with van der Waals surface area (Å²) in [5.74, 6) is 0.678. The largest absolute Gasteiger partial charge is 0.452 e. The van der Waals surface area contributed by atoms with Crippen LogP contribution >= 0.6 is 0 Å². The molecule has 1 aliphatic carbocycles. The molecule has 0 spiro atoms. The molecule has 0 saturated heterocycles. The SMILES string of the molecule is CC1(C)c2ccccc2-c2cc3c4cc(-c5ccc6oc7c(-c8ccccc8)nc(-c8ccccc8)nc7c6c5)ccc4n(-c4ccccc4)c3cc21. The van der Waals surface area contributed by atoms with Gasteiger partial charge in [0.15, 0.2) is 11.4 Å². The lowest BCUT2D eigenvalue weighted by molar-refractivity contribution is 0.661. The van der Waals surface area contributed by atoms with E-state index in [0.29, 0.717) is 11.4 Å². The quantitative estimate of drug-likeness (QED) is 0.186. The molecule has 1 aliphatic rings. The number of nitrogens with zero attached hydrogens (tertiary/aromatic N) is 3. The normalized spacial score (nSPS) is 13.2. The van der Waals surface area contributed by atoms with E-state index in [1.165, 1.54) is 44.1 Å². The van der Waals surface area contributed by atoms with E-state index in [0.717, 1.165) is 50.1 Å². The van der Waals surface area contributed by atoms with Gasteiger partial charge in [-0.3, -0.25) is 0 Å². The van der Waals surface area contributed by atoms with Crippen LogP contribution < -0.4 is 0 Å². The fourth-order valence-electron chi connectivity index (χ4n) is 8.58. The summed E-state index contributed by atoms with van der Waals surface area (Å²) in [7, 11) is 0. The summed E-state index contributed by atoms with van der Waals surface area (Å²) < 4.78 is 8.98. The molecule has 3 aromatic heterocycles. The Balaban J connectivity index is 1.14. The van der Waals surface area contributed by atoms with E-state index < -0.39 is 0 Å². The third-order valence-corrected chi connectivity index (χ3v) is 11.2. The van der Waals surface area contributed by atoms with Crippen molar-refractivity contribution in [3.05, 3.63) is 175 Å². The molecule has 250 valence electrons. The number of hydrogen-bond acceptors (Lipinski definition) is 3. The van der Waals surface area contributed by atoms with E-state index in [9.17, 15) is 0 Å². The van der Waals surface area contributed by atoms with E-state index in [-0.39, 0.29) is 5.41 Å².